The second kappa shape index (κ2) is 10.3. The summed E-state index contributed by atoms with van der Waals surface area (Å²) in [5.41, 5.74) is 3.87. The second-order valence-electron chi connectivity index (χ2n) is 11.3. The number of aromatic nitrogens is 3. The first kappa shape index (κ1) is 25.7. The predicted molar refractivity (Wildman–Crippen MR) is 154 cm³/mol. The van der Waals surface area contributed by atoms with Crippen LogP contribution >= 0.6 is 11.6 Å². The molecule has 0 N–H and O–H groups in total. The Balaban J connectivity index is 1.08. The van der Waals surface area contributed by atoms with Gasteiger partial charge in [-0.1, -0.05) is 41.9 Å². The van der Waals surface area contributed by atoms with E-state index in [0.29, 0.717) is 16.5 Å². The van der Waals surface area contributed by atoms with E-state index in [1.165, 1.54) is 11.6 Å². The van der Waals surface area contributed by atoms with Crippen LogP contribution in [0.4, 0.5) is 4.39 Å². The lowest BCUT2D eigenvalue weighted by atomic mass is 9.85. The molecule has 2 fully saturated rings. The molecule has 0 unspecified atom stereocenters. The second-order valence-corrected chi connectivity index (χ2v) is 11.7. The first-order valence-corrected chi connectivity index (χ1v) is 14.4. The normalized spacial score (nSPS) is 23.1. The van der Waals surface area contributed by atoms with E-state index in [-0.39, 0.29) is 11.9 Å². The third kappa shape index (κ3) is 4.70. The molecule has 0 spiro atoms. The molecule has 0 bridgehead atoms. The number of benzene rings is 2. The van der Waals surface area contributed by atoms with Crippen LogP contribution in [-0.4, -0.2) is 45.2 Å². The fraction of sp³-hybridized carbons (Fsp3) is 0.375. The van der Waals surface area contributed by atoms with Crippen molar-refractivity contribution in [1.82, 2.24) is 19.4 Å². The molecule has 2 aromatic heterocycles. The zero-order valence-electron chi connectivity index (χ0n) is 22.5. The fourth-order valence-corrected chi connectivity index (χ4v) is 6.41. The summed E-state index contributed by atoms with van der Waals surface area (Å²) in [7, 11) is 0. The maximum Gasteiger partial charge on any atom is 0.153 e. The van der Waals surface area contributed by atoms with E-state index in [1.54, 1.807) is 18.3 Å². The summed E-state index contributed by atoms with van der Waals surface area (Å²) in [6, 6.07) is 13.1. The number of para-hydroxylation sites is 1. The molecular weight excluding hydrogens is 527 g/mol. The minimum absolute atomic E-state index is 0.257. The molecule has 7 rings (SSSR count). The van der Waals surface area contributed by atoms with E-state index < -0.39 is 5.60 Å². The zero-order chi connectivity index (χ0) is 27.3. The molecule has 0 radical (unpaired) electrons. The number of likely N-dealkylation sites (tertiary alicyclic amines) is 1. The SMILES string of the molecule is C[C@]1(c2ccc(Cl)cc2F)C=Cc2cccc(C3CCN(Cc4nc5ccncc5n4C[C@@H]4CCO4)CC3)c2O1. The summed E-state index contributed by atoms with van der Waals surface area (Å²) in [6.07, 6.45) is 11.1. The van der Waals surface area contributed by atoms with Gasteiger partial charge in [-0.05, 0) is 75.0 Å². The first-order chi connectivity index (χ1) is 19.5. The highest BCUT2D eigenvalue weighted by Gasteiger charge is 2.35. The molecule has 6 nitrogen and oxygen atoms in total. The third-order valence-corrected chi connectivity index (χ3v) is 8.87. The molecule has 40 heavy (non-hydrogen) atoms. The summed E-state index contributed by atoms with van der Waals surface area (Å²) < 4.78 is 29.6. The van der Waals surface area contributed by atoms with Gasteiger partial charge in [-0.3, -0.25) is 9.88 Å². The lowest BCUT2D eigenvalue weighted by Crippen LogP contribution is -2.36. The maximum atomic E-state index is 14.9. The van der Waals surface area contributed by atoms with Gasteiger partial charge in [0.15, 0.2) is 5.60 Å². The molecule has 4 aromatic rings. The Labute approximate surface area is 238 Å². The van der Waals surface area contributed by atoms with E-state index in [2.05, 4.69) is 38.7 Å². The average molecular weight is 559 g/mol. The van der Waals surface area contributed by atoms with E-state index in [0.717, 1.165) is 80.2 Å². The number of hydrogen-bond acceptors (Lipinski definition) is 5. The number of rotatable bonds is 6. The highest BCUT2D eigenvalue weighted by Crippen LogP contribution is 2.44. The fourth-order valence-electron chi connectivity index (χ4n) is 6.25. The molecule has 0 amide bonds. The summed E-state index contributed by atoms with van der Waals surface area (Å²) in [5.74, 6) is 1.93. The zero-order valence-corrected chi connectivity index (χ0v) is 23.3. The molecule has 8 heteroatoms. The summed E-state index contributed by atoms with van der Waals surface area (Å²) in [5, 5.41) is 0.376. The number of hydrogen-bond donors (Lipinski definition) is 0. The van der Waals surface area contributed by atoms with Crippen molar-refractivity contribution in [2.45, 2.75) is 56.9 Å². The van der Waals surface area contributed by atoms with E-state index in [1.807, 2.05) is 25.3 Å². The summed E-state index contributed by atoms with van der Waals surface area (Å²) >= 11 is 6.02. The van der Waals surface area contributed by atoms with E-state index in [4.69, 9.17) is 26.1 Å². The Morgan fingerprint density at radius 2 is 1.98 bits per heavy atom. The van der Waals surface area contributed by atoms with Crippen LogP contribution in [0.3, 0.4) is 0 Å². The van der Waals surface area contributed by atoms with Gasteiger partial charge in [0.2, 0.25) is 0 Å². The van der Waals surface area contributed by atoms with Gasteiger partial charge < -0.3 is 14.0 Å². The Morgan fingerprint density at radius 1 is 1.12 bits per heavy atom. The maximum absolute atomic E-state index is 14.9. The molecule has 0 aliphatic carbocycles. The minimum atomic E-state index is -0.906. The standard InChI is InChI=1S/C32H32ClFN4O2/c1-32(26-6-5-23(33)17-27(26)34)12-7-22-3-2-4-25(31(22)40-32)21-9-14-37(15-10-21)20-30-36-28-8-13-35-18-29(28)38(30)19-24-11-16-39-24/h2-8,12-13,17-18,21,24H,9-11,14-16,19-20H2,1H3/t24-,32+/m0/s1. The van der Waals surface area contributed by atoms with Crippen molar-refractivity contribution in [2.75, 3.05) is 19.7 Å². The van der Waals surface area contributed by atoms with Crippen LogP contribution in [-0.2, 0) is 23.4 Å². The van der Waals surface area contributed by atoms with Gasteiger partial charge in [-0.25, -0.2) is 9.37 Å². The van der Waals surface area contributed by atoms with Crippen LogP contribution in [0.25, 0.3) is 17.1 Å². The lowest BCUT2D eigenvalue weighted by molar-refractivity contribution is -0.0592. The monoisotopic (exact) mass is 558 g/mol. The van der Waals surface area contributed by atoms with Crippen molar-refractivity contribution in [3.05, 3.63) is 94.3 Å². The molecule has 5 heterocycles. The Kier molecular flexibility index (Phi) is 6.61. The van der Waals surface area contributed by atoms with Gasteiger partial charge in [0.25, 0.3) is 0 Å². The summed E-state index contributed by atoms with van der Waals surface area (Å²) in [4.78, 5) is 11.8. The molecule has 3 aliphatic rings. The highest BCUT2D eigenvalue weighted by molar-refractivity contribution is 6.30. The first-order valence-electron chi connectivity index (χ1n) is 14.1. The van der Waals surface area contributed by atoms with Crippen molar-refractivity contribution < 1.29 is 13.9 Å². The Bertz CT molecular complexity index is 1590. The van der Waals surface area contributed by atoms with Crippen LogP contribution < -0.4 is 4.74 Å². The van der Waals surface area contributed by atoms with Gasteiger partial charge in [-0.2, -0.15) is 0 Å². The minimum Gasteiger partial charge on any atom is -0.478 e. The van der Waals surface area contributed by atoms with Crippen molar-refractivity contribution in [3.63, 3.8) is 0 Å². The number of ether oxygens (including phenoxy) is 2. The molecule has 3 aliphatic heterocycles. The lowest BCUT2D eigenvalue weighted by Gasteiger charge is -2.37. The molecule has 2 atom stereocenters. The van der Waals surface area contributed by atoms with Gasteiger partial charge >= 0.3 is 0 Å². The number of halogens is 2. The van der Waals surface area contributed by atoms with Crippen molar-refractivity contribution in [3.8, 4) is 5.75 Å². The molecular formula is C32H32ClFN4O2. The molecule has 2 saturated heterocycles. The Morgan fingerprint density at radius 3 is 2.75 bits per heavy atom. The number of imidazole rings is 1. The third-order valence-electron chi connectivity index (χ3n) is 8.64. The van der Waals surface area contributed by atoms with Gasteiger partial charge in [-0.15, -0.1) is 0 Å². The highest BCUT2D eigenvalue weighted by atomic mass is 35.5. The largest absolute Gasteiger partial charge is 0.478 e. The van der Waals surface area contributed by atoms with Crippen LogP contribution in [0, 0.1) is 5.82 Å². The number of fused-ring (bicyclic) bond motifs is 2. The Hall–Kier alpha value is -3.26. The van der Waals surface area contributed by atoms with E-state index in [9.17, 15) is 4.39 Å². The van der Waals surface area contributed by atoms with Crippen molar-refractivity contribution >= 4 is 28.7 Å². The average Bonchev–Trinajstić information content (AvgIpc) is 3.27. The summed E-state index contributed by atoms with van der Waals surface area (Å²) in [6.45, 7) is 6.31. The van der Waals surface area contributed by atoms with Gasteiger partial charge in [0.05, 0.1) is 36.4 Å². The topological polar surface area (TPSA) is 52.4 Å². The van der Waals surface area contributed by atoms with Crippen LogP contribution in [0.5, 0.6) is 5.75 Å². The molecule has 2 aromatic carbocycles. The van der Waals surface area contributed by atoms with Crippen molar-refractivity contribution in [1.29, 1.82) is 0 Å². The number of nitrogens with zero attached hydrogens (tertiary/aromatic N) is 4. The number of pyridine rings is 1. The smallest absolute Gasteiger partial charge is 0.153 e. The molecule has 0 saturated carbocycles. The van der Waals surface area contributed by atoms with Crippen LogP contribution in [0.2, 0.25) is 5.02 Å². The predicted octanol–water partition coefficient (Wildman–Crippen LogP) is 6.71. The van der Waals surface area contributed by atoms with Crippen LogP contribution in [0.15, 0.2) is 60.9 Å². The van der Waals surface area contributed by atoms with Crippen LogP contribution in [0.1, 0.15) is 54.6 Å². The number of piperidine rings is 1. The molecule has 206 valence electrons. The van der Waals surface area contributed by atoms with E-state index >= 15 is 0 Å². The van der Waals surface area contributed by atoms with Crippen molar-refractivity contribution in [2.24, 2.45) is 0 Å². The van der Waals surface area contributed by atoms with Gasteiger partial charge in [0, 0.05) is 29.0 Å². The quantitative estimate of drug-likeness (QED) is 0.263. The van der Waals surface area contributed by atoms with Gasteiger partial charge in [0.1, 0.15) is 17.4 Å².